The van der Waals surface area contributed by atoms with Gasteiger partial charge in [0.15, 0.2) is 0 Å². The van der Waals surface area contributed by atoms with E-state index in [1.807, 2.05) is 6.07 Å². The van der Waals surface area contributed by atoms with Gasteiger partial charge in [0.1, 0.15) is 5.82 Å². The summed E-state index contributed by atoms with van der Waals surface area (Å²) >= 11 is 0. The monoisotopic (exact) mass is 408 g/mol. The predicted octanol–water partition coefficient (Wildman–Crippen LogP) is 4.61. The molecule has 2 aromatic carbocycles. The van der Waals surface area contributed by atoms with Gasteiger partial charge in [0.25, 0.3) is 5.91 Å². The van der Waals surface area contributed by atoms with Crippen LogP contribution in [0.5, 0.6) is 0 Å². The van der Waals surface area contributed by atoms with Crippen LogP contribution < -0.4 is 5.32 Å². The molecule has 1 fully saturated rings. The van der Waals surface area contributed by atoms with E-state index in [0.717, 1.165) is 25.7 Å². The van der Waals surface area contributed by atoms with Gasteiger partial charge in [-0.05, 0) is 66.5 Å². The standard InChI is InChI=1S/C25H29FN2O2/c1-25(2)14-13-22(20-7-3-4-8-21(20)25)27-23(29)18-6-5-15-28(16-18)24(30)17-9-11-19(26)12-10-17/h3-4,7-12,18,22H,5-6,13-16H2,1-2H3,(H,27,29). The van der Waals surface area contributed by atoms with Crippen molar-refractivity contribution < 1.29 is 14.0 Å². The molecule has 0 saturated carbocycles. The fourth-order valence-electron chi connectivity index (χ4n) is 4.80. The SMILES string of the molecule is CC1(C)CCC(NC(=O)C2CCCN(C(=O)c3ccc(F)cc3)C2)c2ccccc21. The second-order valence-electron chi connectivity index (χ2n) is 9.17. The van der Waals surface area contributed by atoms with Crippen LogP contribution in [0.1, 0.15) is 67.1 Å². The Morgan fingerprint density at radius 3 is 2.57 bits per heavy atom. The minimum Gasteiger partial charge on any atom is -0.349 e. The smallest absolute Gasteiger partial charge is 0.253 e. The quantitative estimate of drug-likeness (QED) is 0.807. The molecule has 2 atom stereocenters. The summed E-state index contributed by atoms with van der Waals surface area (Å²) in [5.41, 5.74) is 3.08. The van der Waals surface area contributed by atoms with Gasteiger partial charge in [0.2, 0.25) is 5.91 Å². The number of nitrogens with zero attached hydrogens (tertiary/aromatic N) is 1. The molecule has 1 aliphatic heterocycles. The van der Waals surface area contributed by atoms with Crippen LogP contribution in [-0.2, 0) is 10.2 Å². The number of carbonyl (C=O) groups excluding carboxylic acids is 2. The summed E-state index contributed by atoms with van der Waals surface area (Å²) in [4.78, 5) is 27.6. The molecule has 30 heavy (non-hydrogen) atoms. The van der Waals surface area contributed by atoms with E-state index in [1.54, 1.807) is 4.90 Å². The van der Waals surface area contributed by atoms with Crippen LogP contribution in [0.3, 0.4) is 0 Å². The number of nitrogens with one attached hydrogen (secondary N) is 1. The van der Waals surface area contributed by atoms with Gasteiger partial charge in [0.05, 0.1) is 12.0 Å². The summed E-state index contributed by atoms with van der Waals surface area (Å²) in [5, 5.41) is 3.26. The van der Waals surface area contributed by atoms with Gasteiger partial charge in [-0.2, -0.15) is 0 Å². The van der Waals surface area contributed by atoms with Gasteiger partial charge < -0.3 is 10.2 Å². The molecule has 5 heteroatoms. The van der Waals surface area contributed by atoms with E-state index in [4.69, 9.17) is 0 Å². The van der Waals surface area contributed by atoms with E-state index in [-0.39, 0.29) is 35.0 Å². The van der Waals surface area contributed by atoms with Crippen molar-refractivity contribution >= 4 is 11.8 Å². The molecule has 1 heterocycles. The van der Waals surface area contributed by atoms with E-state index in [2.05, 4.69) is 37.4 Å². The summed E-state index contributed by atoms with van der Waals surface area (Å²) in [6, 6.07) is 14.0. The van der Waals surface area contributed by atoms with E-state index in [9.17, 15) is 14.0 Å². The third-order valence-corrected chi connectivity index (χ3v) is 6.61. The zero-order valence-corrected chi connectivity index (χ0v) is 17.7. The Labute approximate surface area is 177 Å². The molecule has 2 unspecified atom stereocenters. The summed E-state index contributed by atoms with van der Waals surface area (Å²) in [6.45, 7) is 5.54. The molecule has 2 amide bonds. The predicted molar refractivity (Wildman–Crippen MR) is 115 cm³/mol. The van der Waals surface area contributed by atoms with Crippen molar-refractivity contribution in [2.45, 2.75) is 51.0 Å². The Balaban J connectivity index is 1.44. The van der Waals surface area contributed by atoms with Crippen molar-refractivity contribution in [3.63, 3.8) is 0 Å². The molecule has 1 aliphatic carbocycles. The highest BCUT2D eigenvalue weighted by Crippen LogP contribution is 2.41. The molecule has 2 aliphatic rings. The lowest BCUT2D eigenvalue weighted by Gasteiger charge is -2.38. The summed E-state index contributed by atoms with van der Waals surface area (Å²) in [5.74, 6) is -0.702. The van der Waals surface area contributed by atoms with Crippen molar-refractivity contribution in [3.8, 4) is 0 Å². The number of rotatable bonds is 3. The normalized spacial score (nSPS) is 22.8. The van der Waals surface area contributed by atoms with Gasteiger partial charge in [-0.1, -0.05) is 38.1 Å². The molecule has 158 valence electrons. The van der Waals surface area contributed by atoms with Crippen molar-refractivity contribution in [1.29, 1.82) is 0 Å². The summed E-state index contributed by atoms with van der Waals surface area (Å²) in [7, 11) is 0. The number of halogens is 1. The average molecular weight is 409 g/mol. The number of hydrogen-bond donors (Lipinski definition) is 1. The molecule has 0 bridgehead atoms. The van der Waals surface area contributed by atoms with Crippen LogP contribution in [0, 0.1) is 11.7 Å². The number of amides is 2. The number of hydrogen-bond acceptors (Lipinski definition) is 2. The Kier molecular flexibility index (Phi) is 5.63. The molecule has 1 N–H and O–H groups in total. The number of piperidine rings is 1. The van der Waals surface area contributed by atoms with Crippen LogP contribution >= 0.6 is 0 Å². The Morgan fingerprint density at radius 1 is 1.07 bits per heavy atom. The first kappa shape index (κ1) is 20.6. The number of carbonyl (C=O) groups is 2. The second kappa shape index (κ2) is 8.21. The Morgan fingerprint density at radius 2 is 1.80 bits per heavy atom. The molecule has 1 saturated heterocycles. The lowest BCUT2D eigenvalue weighted by Crippen LogP contribution is -2.46. The van der Waals surface area contributed by atoms with E-state index in [1.165, 1.54) is 35.4 Å². The fraction of sp³-hybridized carbons (Fsp3) is 0.440. The second-order valence-corrected chi connectivity index (χ2v) is 9.17. The fourth-order valence-corrected chi connectivity index (χ4v) is 4.80. The third-order valence-electron chi connectivity index (χ3n) is 6.61. The maximum Gasteiger partial charge on any atom is 0.253 e. The van der Waals surface area contributed by atoms with Crippen LogP contribution in [-0.4, -0.2) is 29.8 Å². The highest BCUT2D eigenvalue weighted by atomic mass is 19.1. The van der Waals surface area contributed by atoms with Crippen LogP contribution in [0.2, 0.25) is 0 Å². The maximum absolute atomic E-state index is 13.2. The topological polar surface area (TPSA) is 49.4 Å². The van der Waals surface area contributed by atoms with Gasteiger partial charge in [-0.25, -0.2) is 4.39 Å². The molecule has 4 nitrogen and oxygen atoms in total. The lowest BCUT2D eigenvalue weighted by molar-refractivity contribution is -0.127. The Bertz CT molecular complexity index is 938. The van der Waals surface area contributed by atoms with E-state index in [0.29, 0.717) is 18.7 Å². The van der Waals surface area contributed by atoms with Gasteiger partial charge in [0, 0.05) is 18.7 Å². The summed E-state index contributed by atoms with van der Waals surface area (Å²) in [6.07, 6.45) is 3.51. The van der Waals surface area contributed by atoms with Gasteiger partial charge >= 0.3 is 0 Å². The molecule has 2 aromatic rings. The van der Waals surface area contributed by atoms with Crippen molar-refractivity contribution in [1.82, 2.24) is 10.2 Å². The molecule has 0 radical (unpaired) electrons. The maximum atomic E-state index is 13.2. The molecular formula is C25H29FN2O2. The highest BCUT2D eigenvalue weighted by Gasteiger charge is 2.35. The molecule has 0 spiro atoms. The van der Waals surface area contributed by atoms with Gasteiger partial charge in [-0.3, -0.25) is 9.59 Å². The van der Waals surface area contributed by atoms with Crippen LogP contribution in [0.25, 0.3) is 0 Å². The first-order chi connectivity index (χ1) is 14.3. The lowest BCUT2D eigenvalue weighted by atomic mass is 9.71. The zero-order chi connectivity index (χ0) is 21.3. The minimum absolute atomic E-state index is 0.0184. The van der Waals surface area contributed by atoms with Crippen molar-refractivity contribution in [2.75, 3.05) is 13.1 Å². The number of fused-ring (bicyclic) bond motifs is 1. The first-order valence-electron chi connectivity index (χ1n) is 10.8. The zero-order valence-electron chi connectivity index (χ0n) is 17.7. The molecular weight excluding hydrogens is 379 g/mol. The molecule has 0 aromatic heterocycles. The summed E-state index contributed by atoms with van der Waals surface area (Å²) < 4.78 is 13.2. The third kappa shape index (κ3) is 4.11. The van der Waals surface area contributed by atoms with Crippen LogP contribution in [0.15, 0.2) is 48.5 Å². The highest BCUT2D eigenvalue weighted by molar-refractivity contribution is 5.94. The number of benzene rings is 2. The minimum atomic E-state index is -0.363. The van der Waals surface area contributed by atoms with Crippen LogP contribution in [0.4, 0.5) is 4.39 Å². The average Bonchev–Trinajstić information content (AvgIpc) is 2.76. The molecule has 4 rings (SSSR count). The van der Waals surface area contributed by atoms with E-state index >= 15 is 0 Å². The first-order valence-corrected chi connectivity index (χ1v) is 10.8. The largest absolute Gasteiger partial charge is 0.349 e. The van der Waals surface area contributed by atoms with Crippen molar-refractivity contribution in [3.05, 3.63) is 71.0 Å². The Hall–Kier alpha value is -2.69. The van der Waals surface area contributed by atoms with Gasteiger partial charge in [-0.15, -0.1) is 0 Å². The number of likely N-dealkylation sites (tertiary alicyclic amines) is 1. The van der Waals surface area contributed by atoms with E-state index < -0.39 is 0 Å². The van der Waals surface area contributed by atoms with Crippen molar-refractivity contribution in [2.24, 2.45) is 5.92 Å².